The van der Waals surface area contributed by atoms with Crippen LogP contribution in [0.5, 0.6) is 0 Å². The van der Waals surface area contributed by atoms with Crippen molar-refractivity contribution in [2.75, 3.05) is 5.32 Å². The normalized spacial score (nSPS) is 13.9. The molecule has 2 rings (SSSR count). The van der Waals surface area contributed by atoms with Crippen LogP contribution in [0.25, 0.3) is 0 Å². The first-order valence-electron chi connectivity index (χ1n) is 5.43. The van der Waals surface area contributed by atoms with E-state index < -0.39 is 0 Å². The van der Waals surface area contributed by atoms with Crippen molar-refractivity contribution in [3.63, 3.8) is 0 Å². The molecule has 1 amide bonds. The molecule has 1 aliphatic carbocycles. The zero-order valence-corrected chi connectivity index (χ0v) is 9.57. The zero-order chi connectivity index (χ0) is 12.3. The van der Waals surface area contributed by atoms with Gasteiger partial charge in [0.15, 0.2) is 0 Å². The SMILES string of the molecule is CC1=C(C(=O)Nc2cccc(C=O)c2)CC=C1. The van der Waals surface area contributed by atoms with E-state index in [0.717, 1.165) is 17.4 Å². The van der Waals surface area contributed by atoms with Crippen molar-refractivity contribution in [3.05, 3.63) is 53.1 Å². The highest BCUT2D eigenvalue weighted by atomic mass is 16.1. The molecule has 0 saturated heterocycles. The molecule has 0 atom stereocenters. The van der Waals surface area contributed by atoms with Gasteiger partial charge >= 0.3 is 0 Å². The van der Waals surface area contributed by atoms with Crippen LogP contribution in [-0.2, 0) is 4.79 Å². The van der Waals surface area contributed by atoms with Crippen molar-refractivity contribution < 1.29 is 9.59 Å². The van der Waals surface area contributed by atoms with Gasteiger partial charge in [-0.15, -0.1) is 0 Å². The van der Waals surface area contributed by atoms with E-state index >= 15 is 0 Å². The molecule has 1 aliphatic rings. The van der Waals surface area contributed by atoms with Gasteiger partial charge in [0.1, 0.15) is 6.29 Å². The van der Waals surface area contributed by atoms with Crippen molar-refractivity contribution in [3.8, 4) is 0 Å². The number of anilines is 1. The Labute approximate surface area is 99.8 Å². The summed E-state index contributed by atoms with van der Waals surface area (Å²) in [5, 5.41) is 2.79. The number of carbonyl (C=O) groups excluding carboxylic acids is 2. The summed E-state index contributed by atoms with van der Waals surface area (Å²) in [6.07, 6.45) is 5.34. The van der Waals surface area contributed by atoms with Gasteiger partial charge in [0.2, 0.25) is 0 Å². The fraction of sp³-hybridized carbons (Fsp3) is 0.143. The lowest BCUT2D eigenvalue weighted by Crippen LogP contribution is -2.14. The van der Waals surface area contributed by atoms with Crippen LogP contribution in [0.4, 0.5) is 5.69 Å². The molecule has 0 fully saturated rings. The highest BCUT2D eigenvalue weighted by Crippen LogP contribution is 2.20. The number of allylic oxidation sites excluding steroid dienone is 3. The molecule has 1 N–H and O–H groups in total. The minimum absolute atomic E-state index is 0.101. The van der Waals surface area contributed by atoms with E-state index in [-0.39, 0.29) is 5.91 Å². The largest absolute Gasteiger partial charge is 0.322 e. The molecule has 0 radical (unpaired) electrons. The van der Waals surface area contributed by atoms with E-state index in [1.165, 1.54) is 0 Å². The Hall–Kier alpha value is -2.16. The summed E-state index contributed by atoms with van der Waals surface area (Å²) >= 11 is 0. The number of hydrogen-bond donors (Lipinski definition) is 1. The van der Waals surface area contributed by atoms with Gasteiger partial charge in [-0.2, -0.15) is 0 Å². The van der Waals surface area contributed by atoms with Gasteiger partial charge in [-0.05, 0) is 31.1 Å². The van der Waals surface area contributed by atoms with Gasteiger partial charge < -0.3 is 5.32 Å². The van der Waals surface area contributed by atoms with E-state index in [0.29, 0.717) is 17.7 Å². The van der Waals surface area contributed by atoms with E-state index in [4.69, 9.17) is 0 Å². The Morgan fingerprint density at radius 2 is 2.24 bits per heavy atom. The predicted molar refractivity (Wildman–Crippen MR) is 66.9 cm³/mol. The monoisotopic (exact) mass is 227 g/mol. The van der Waals surface area contributed by atoms with Crippen LogP contribution >= 0.6 is 0 Å². The Balaban J connectivity index is 2.13. The quantitative estimate of drug-likeness (QED) is 0.807. The third-order valence-electron chi connectivity index (χ3n) is 2.72. The van der Waals surface area contributed by atoms with Crippen molar-refractivity contribution in [1.29, 1.82) is 0 Å². The number of carbonyl (C=O) groups is 2. The zero-order valence-electron chi connectivity index (χ0n) is 9.57. The first kappa shape index (κ1) is 11.3. The summed E-state index contributed by atoms with van der Waals surface area (Å²) in [5.41, 5.74) is 2.97. The summed E-state index contributed by atoms with van der Waals surface area (Å²) in [5.74, 6) is -0.101. The molecule has 17 heavy (non-hydrogen) atoms. The molecule has 1 aromatic carbocycles. The van der Waals surface area contributed by atoms with Crippen molar-refractivity contribution in [2.45, 2.75) is 13.3 Å². The average molecular weight is 227 g/mol. The van der Waals surface area contributed by atoms with E-state index in [2.05, 4.69) is 5.32 Å². The Bertz CT molecular complexity index is 527. The Kier molecular flexibility index (Phi) is 3.19. The molecule has 1 aromatic rings. The number of amides is 1. The highest BCUT2D eigenvalue weighted by Gasteiger charge is 2.14. The maximum absolute atomic E-state index is 11.9. The van der Waals surface area contributed by atoms with E-state index in [1.807, 2.05) is 19.1 Å². The second kappa shape index (κ2) is 4.78. The molecule has 86 valence electrons. The molecule has 0 spiro atoms. The van der Waals surface area contributed by atoms with Crippen molar-refractivity contribution in [2.24, 2.45) is 0 Å². The smallest absolute Gasteiger partial charge is 0.252 e. The third-order valence-corrected chi connectivity index (χ3v) is 2.72. The summed E-state index contributed by atoms with van der Waals surface area (Å²) in [4.78, 5) is 22.5. The van der Waals surface area contributed by atoms with Gasteiger partial charge in [-0.1, -0.05) is 24.3 Å². The van der Waals surface area contributed by atoms with E-state index in [1.54, 1.807) is 24.3 Å². The number of hydrogen-bond acceptors (Lipinski definition) is 2. The lowest BCUT2D eigenvalue weighted by atomic mass is 10.1. The third kappa shape index (κ3) is 2.50. The maximum Gasteiger partial charge on any atom is 0.252 e. The lowest BCUT2D eigenvalue weighted by Gasteiger charge is -2.07. The van der Waals surface area contributed by atoms with Crippen LogP contribution in [0.2, 0.25) is 0 Å². The van der Waals surface area contributed by atoms with Crippen molar-refractivity contribution in [1.82, 2.24) is 0 Å². The van der Waals surface area contributed by atoms with Crippen molar-refractivity contribution >= 4 is 17.9 Å². The summed E-state index contributed by atoms with van der Waals surface area (Å²) < 4.78 is 0. The number of nitrogens with one attached hydrogen (secondary N) is 1. The number of rotatable bonds is 3. The van der Waals surface area contributed by atoms with E-state index in [9.17, 15) is 9.59 Å². The standard InChI is InChI=1S/C14H13NO2/c1-10-4-2-7-13(10)14(17)15-12-6-3-5-11(8-12)9-16/h2-6,8-9H,7H2,1H3,(H,15,17). The molecule has 0 unspecified atom stereocenters. The molecule has 0 bridgehead atoms. The Morgan fingerprint density at radius 3 is 2.88 bits per heavy atom. The first-order valence-corrected chi connectivity index (χ1v) is 5.43. The minimum atomic E-state index is -0.101. The fourth-order valence-corrected chi connectivity index (χ4v) is 1.78. The second-order valence-corrected chi connectivity index (χ2v) is 3.97. The first-order chi connectivity index (χ1) is 8.20. The van der Waals surface area contributed by atoms with Crippen LogP contribution < -0.4 is 5.32 Å². The summed E-state index contributed by atoms with van der Waals surface area (Å²) in [7, 11) is 0. The number of aldehydes is 1. The Morgan fingerprint density at radius 1 is 1.41 bits per heavy atom. The lowest BCUT2D eigenvalue weighted by molar-refractivity contribution is -0.112. The van der Waals surface area contributed by atoms with Crippen LogP contribution in [-0.4, -0.2) is 12.2 Å². The van der Waals surface area contributed by atoms with Crippen LogP contribution in [0.3, 0.4) is 0 Å². The second-order valence-electron chi connectivity index (χ2n) is 3.97. The average Bonchev–Trinajstić information content (AvgIpc) is 2.76. The maximum atomic E-state index is 11.9. The van der Waals surface area contributed by atoms with Gasteiger partial charge in [0.25, 0.3) is 5.91 Å². The van der Waals surface area contributed by atoms with Crippen LogP contribution in [0.15, 0.2) is 47.6 Å². The molecule has 0 aromatic heterocycles. The highest BCUT2D eigenvalue weighted by molar-refractivity contribution is 6.05. The van der Waals surface area contributed by atoms with Gasteiger partial charge in [-0.3, -0.25) is 9.59 Å². The fourth-order valence-electron chi connectivity index (χ4n) is 1.78. The molecule has 3 heteroatoms. The topological polar surface area (TPSA) is 46.2 Å². The molecular formula is C14H13NO2. The molecule has 0 aliphatic heterocycles. The molecule has 0 heterocycles. The molecular weight excluding hydrogens is 214 g/mol. The molecule has 3 nitrogen and oxygen atoms in total. The van der Waals surface area contributed by atoms with Crippen LogP contribution in [0, 0.1) is 0 Å². The van der Waals surface area contributed by atoms with Gasteiger partial charge in [0, 0.05) is 16.8 Å². The van der Waals surface area contributed by atoms with Gasteiger partial charge in [-0.25, -0.2) is 0 Å². The molecule has 0 saturated carbocycles. The predicted octanol–water partition coefficient (Wildman–Crippen LogP) is 2.71. The minimum Gasteiger partial charge on any atom is -0.322 e. The van der Waals surface area contributed by atoms with Crippen LogP contribution in [0.1, 0.15) is 23.7 Å². The summed E-state index contributed by atoms with van der Waals surface area (Å²) in [6, 6.07) is 6.87. The van der Waals surface area contributed by atoms with Gasteiger partial charge in [0.05, 0.1) is 0 Å². The number of benzene rings is 1. The summed E-state index contributed by atoms with van der Waals surface area (Å²) in [6.45, 7) is 1.92.